The minimum absolute atomic E-state index is 0.0677. The summed E-state index contributed by atoms with van der Waals surface area (Å²) in [5.41, 5.74) is 0.632. The van der Waals surface area contributed by atoms with Crippen LogP contribution in [0.15, 0.2) is 40.9 Å². The van der Waals surface area contributed by atoms with E-state index in [1.807, 2.05) is 19.1 Å². The Labute approximate surface area is 132 Å². The normalized spacial score (nSPS) is 10.8. The van der Waals surface area contributed by atoms with E-state index in [9.17, 15) is 10.1 Å². The fourth-order valence-electron chi connectivity index (χ4n) is 1.93. The van der Waals surface area contributed by atoms with Crippen LogP contribution >= 0.6 is 27.3 Å². The highest BCUT2D eigenvalue weighted by atomic mass is 79.9. The smallest absolute Gasteiger partial charge is 0.313 e. The molecule has 0 saturated heterocycles. The number of nitro benzene ring substituents is 1. The van der Waals surface area contributed by atoms with Gasteiger partial charge in [-0.1, -0.05) is 12.1 Å². The van der Waals surface area contributed by atoms with Crippen molar-refractivity contribution in [1.82, 2.24) is 4.98 Å². The molecule has 5 nitrogen and oxygen atoms in total. The molecule has 0 aliphatic heterocycles. The molecule has 0 radical (unpaired) electrons. The lowest BCUT2D eigenvalue weighted by atomic mass is 10.2. The molecule has 0 fully saturated rings. The minimum Gasteiger partial charge on any atom is -0.449 e. The van der Waals surface area contributed by atoms with Gasteiger partial charge in [0.2, 0.25) is 5.75 Å². The molecule has 0 spiro atoms. The van der Waals surface area contributed by atoms with Gasteiger partial charge >= 0.3 is 5.69 Å². The molecule has 1 heterocycles. The minimum atomic E-state index is -0.444. The first-order valence-electron chi connectivity index (χ1n) is 6.02. The van der Waals surface area contributed by atoms with Crippen molar-refractivity contribution in [3.05, 3.63) is 56.0 Å². The summed E-state index contributed by atoms with van der Waals surface area (Å²) in [5, 5.41) is 12.1. The van der Waals surface area contributed by atoms with E-state index in [0.29, 0.717) is 11.3 Å². The SMILES string of the molecule is Cc1nc2cc(Oc3ccccc3Br)c([N+](=O)[O-])cc2s1. The van der Waals surface area contributed by atoms with Crippen LogP contribution in [0.3, 0.4) is 0 Å². The van der Waals surface area contributed by atoms with E-state index in [0.717, 1.165) is 14.2 Å². The molecule has 21 heavy (non-hydrogen) atoms. The van der Waals surface area contributed by atoms with Crippen LogP contribution in [0.25, 0.3) is 10.2 Å². The maximum Gasteiger partial charge on any atom is 0.313 e. The second-order valence-corrected chi connectivity index (χ2v) is 6.40. The summed E-state index contributed by atoms with van der Waals surface area (Å²) >= 11 is 4.78. The van der Waals surface area contributed by atoms with Crippen LogP contribution in [-0.4, -0.2) is 9.91 Å². The predicted octanol–water partition coefficient (Wildman–Crippen LogP) is 5.07. The zero-order valence-electron chi connectivity index (χ0n) is 10.9. The highest BCUT2D eigenvalue weighted by molar-refractivity contribution is 9.10. The van der Waals surface area contributed by atoms with Crippen LogP contribution in [0.5, 0.6) is 11.5 Å². The molecule has 0 bridgehead atoms. The van der Waals surface area contributed by atoms with Crippen molar-refractivity contribution in [3.8, 4) is 11.5 Å². The van der Waals surface area contributed by atoms with Crippen molar-refractivity contribution in [2.75, 3.05) is 0 Å². The summed E-state index contributed by atoms with van der Waals surface area (Å²) < 4.78 is 7.20. The van der Waals surface area contributed by atoms with Gasteiger partial charge in [0.05, 0.1) is 24.6 Å². The van der Waals surface area contributed by atoms with E-state index < -0.39 is 4.92 Å². The molecule has 0 atom stereocenters. The summed E-state index contributed by atoms with van der Waals surface area (Å²) in [6.07, 6.45) is 0. The topological polar surface area (TPSA) is 65.3 Å². The number of nitrogens with zero attached hydrogens (tertiary/aromatic N) is 2. The lowest BCUT2D eigenvalue weighted by molar-refractivity contribution is -0.385. The molecule has 0 amide bonds. The number of para-hydroxylation sites is 1. The van der Waals surface area contributed by atoms with E-state index in [2.05, 4.69) is 20.9 Å². The molecule has 0 saturated carbocycles. The number of aryl methyl sites for hydroxylation is 1. The van der Waals surface area contributed by atoms with Crippen LogP contribution in [0.2, 0.25) is 0 Å². The largest absolute Gasteiger partial charge is 0.449 e. The molecular weight excluding hydrogens is 356 g/mol. The Kier molecular flexibility index (Phi) is 3.60. The van der Waals surface area contributed by atoms with Crippen LogP contribution in [0, 0.1) is 17.0 Å². The van der Waals surface area contributed by atoms with Crippen molar-refractivity contribution >= 4 is 43.2 Å². The number of thiazole rings is 1. The van der Waals surface area contributed by atoms with E-state index >= 15 is 0 Å². The highest BCUT2D eigenvalue weighted by Gasteiger charge is 2.19. The fraction of sp³-hybridized carbons (Fsp3) is 0.0714. The number of rotatable bonds is 3. The number of halogens is 1. The quantitative estimate of drug-likeness (QED) is 0.480. The average Bonchev–Trinajstić information content (AvgIpc) is 2.79. The van der Waals surface area contributed by atoms with Crippen molar-refractivity contribution < 1.29 is 9.66 Å². The Morgan fingerprint density at radius 2 is 2.05 bits per heavy atom. The van der Waals surface area contributed by atoms with Gasteiger partial charge in [0.1, 0.15) is 5.75 Å². The maximum atomic E-state index is 11.2. The molecule has 3 rings (SSSR count). The maximum absolute atomic E-state index is 11.2. The molecule has 0 aliphatic rings. The summed E-state index contributed by atoms with van der Waals surface area (Å²) in [5.74, 6) is 0.705. The molecular formula is C14H9BrN2O3S. The zero-order chi connectivity index (χ0) is 15.0. The number of aromatic nitrogens is 1. The number of hydrogen-bond donors (Lipinski definition) is 0. The van der Waals surface area contributed by atoms with Crippen molar-refractivity contribution in [1.29, 1.82) is 0 Å². The molecule has 1 aromatic heterocycles. The average molecular weight is 365 g/mol. The van der Waals surface area contributed by atoms with Crippen molar-refractivity contribution in [2.45, 2.75) is 6.92 Å². The number of ether oxygens (including phenoxy) is 1. The Balaban J connectivity index is 2.13. The molecule has 7 heteroatoms. The van der Waals surface area contributed by atoms with E-state index in [4.69, 9.17) is 4.74 Å². The second-order valence-electron chi connectivity index (χ2n) is 4.31. The lowest BCUT2D eigenvalue weighted by Crippen LogP contribution is -1.94. The van der Waals surface area contributed by atoms with Gasteiger partial charge < -0.3 is 4.74 Å². The predicted molar refractivity (Wildman–Crippen MR) is 85.2 cm³/mol. The summed E-state index contributed by atoms with van der Waals surface area (Å²) in [6, 6.07) is 10.3. The monoisotopic (exact) mass is 364 g/mol. The van der Waals surface area contributed by atoms with E-state index in [1.54, 1.807) is 18.2 Å². The third kappa shape index (κ3) is 2.74. The first-order valence-corrected chi connectivity index (χ1v) is 7.63. The second kappa shape index (κ2) is 5.42. The van der Waals surface area contributed by atoms with Crippen molar-refractivity contribution in [3.63, 3.8) is 0 Å². The Morgan fingerprint density at radius 3 is 2.76 bits per heavy atom. The van der Waals surface area contributed by atoms with Gasteiger partial charge in [-0.05, 0) is 35.0 Å². The molecule has 106 valence electrons. The standard InChI is InChI=1S/C14H9BrN2O3S/c1-8-16-10-6-13(11(17(18)19)7-14(10)21-8)20-12-5-3-2-4-9(12)15/h2-7H,1H3. The molecule has 3 aromatic rings. The van der Waals surface area contributed by atoms with Crippen LogP contribution in [0.4, 0.5) is 5.69 Å². The fourth-order valence-corrected chi connectivity index (χ4v) is 3.14. The zero-order valence-corrected chi connectivity index (χ0v) is 13.3. The number of hydrogen-bond acceptors (Lipinski definition) is 5. The number of fused-ring (bicyclic) bond motifs is 1. The van der Waals surface area contributed by atoms with Crippen LogP contribution in [-0.2, 0) is 0 Å². The summed E-state index contributed by atoms with van der Waals surface area (Å²) in [6.45, 7) is 1.87. The molecule has 0 unspecified atom stereocenters. The Morgan fingerprint density at radius 1 is 1.29 bits per heavy atom. The Hall–Kier alpha value is -1.99. The number of nitro groups is 1. The molecule has 0 aliphatic carbocycles. The van der Waals surface area contributed by atoms with Gasteiger partial charge in [0.25, 0.3) is 0 Å². The summed E-state index contributed by atoms with van der Waals surface area (Å²) in [4.78, 5) is 15.1. The lowest BCUT2D eigenvalue weighted by Gasteiger charge is -2.07. The van der Waals surface area contributed by atoms with E-state index in [1.165, 1.54) is 17.4 Å². The van der Waals surface area contributed by atoms with Gasteiger partial charge in [0, 0.05) is 12.1 Å². The van der Waals surface area contributed by atoms with Crippen LogP contribution in [0.1, 0.15) is 5.01 Å². The molecule has 0 N–H and O–H groups in total. The Bertz CT molecular complexity index is 847. The van der Waals surface area contributed by atoms with Gasteiger partial charge in [0.15, 0.2) is 0 Å². The first kappa shape index (κ1) is 14.0. The van der Waals surface area contributed by atoms with Gasteiger partial charge in [-0.15, -0.1) is 11.3 Å². The summed E-state index contributed by atoms with van der Waals surface area (Å²) in [7, 11) is 0. The van der Waals surface area contributed by atoms with Gasteiger partial charge in [-0.2, -0.15) is 0 Å². The van der Waals surface area contributed by atoms with Crippen LogP contribution < -0.4 is 4.74 Å². The number of benzene rings is 2. The molecule has 2 aromatic carbocycles. The van der Waals surface area contributed by atoms with Gasteiger partial charge in [-0.3, -0.25) is 10.1 Å². The van der Waals surface area contributed by atoms with Crippen molar-refractivity contribution in [2.24, 2.45) is 0 Å². The first-order chi connectivity index (χ1) is 10.0. The third-order valence-electron chi connectivity index (χ3n) is 2.83. The van der Waals surface area contributed by atoms with E-state index in [-0.39, 0.29) is 11.4 Å². The van der Waals surface area contributed by atoms with Gasteiger partial charge in [-0.25, -0.2) is 4.98 Å². The third-order valence-corrected chi connectivity index (χ3v) is 4.42. The highest BCUT2D eigenvalue weighted by Crippen LogP contribution is 2.38.